The molecule has 7 heteroatoms. The van der Waals surface area contributed by atoms with Crippen LogP contribution in [0.25, 0.3) is 0 Å². The molecule has 6 nitrogen and oxygen atoms in total. The zero-order valence-electron chi connectivity index (χ0n) is 9.47. The lowest BCUT2D eigenvalue weighted by Gasteiger charge is -2.25. The van der Waals surface area contributed by atoms with Gasteiger partial charge in [-0.05, 0) is 18.9 Å². The number of amides is 1. The predicted molar refractivity (Wildman–Crippen MR) is 59.3 cm³/mol. The van der Waals surface area contributed by atoms with Gasteiger partial charge in [0, 0.05) is 18.7 Å². The van der Waals surface area contributed by atoms with Gasteiger partial charge in [-0.3, -0.25) is 19.7 Å². The lowest BCUT2D eigenvalue weighted by Crippen LogP contribution is -2.36. The van der Waals surface area contributed by atoms with Gasteiger partial charge >= 0.3 is 0 Å². The minimum absolute atomic E-state index is 0.322. The normalized spacial score (nSPS) is 15.5. The van der Waals surface area contributed by atoms with E-state index in [4.69, 9.17) is 4.84 Å². The van der Waals surface area contributed by atoms with Crippen LogP contribution in [0.5, 0.6) is 0 Å². The van der Waals surface area contributed by atoms with Crippen molar-refractivity contribution in [1.82, 2.24) is 5.06 Å². The molecular weight excluding hydrogens is 243 g/mol. The second-order valence-corrected chi connectivity index (χ2v) is 3.87. The highest BCUT2D eigenvalue weighted by Gasteiger charge is 2.24. The fourth-order valence-electron chi connectivity index (χ4n) is 1.68. The first kappa shape index (κ1) is 12.4. The Balaban J connectivity index is 2.28. The van der Waals surface area contributed by atoms with E-state index in [9.17, 15) is 19.3 Å². The third-order valence-corrected chi connectivity index (χ3v) is 2.62. The highest BCUT2D eigenvalue weighted by atomic mass is 19.1. The Morgan fingerprint density at radius 3 is 2.83 bits per heavy atom. The maximum atomic E-state index is 13.5. The van der Waals surface area contributed by atoms with E-state index < -0.39 is 16.6 Å². The summed E-state index contributed by atoms with van der Waals surface area (Å²) in [4.78, 5) is 26.9. The van der Waals surface area contributed by atoms with E-state index in [-0.39, 0.29) is 11.3 Å². The fourth-order valence-corrected chi connectivity index (χ4v) is 1.68. The summed E-state index contributed by atoms with van der Waals surface area (Å²) in [6, 6.07) is 2.86. The van der Waals surface area contributed by atoms with Crippen molar-refractivity contribution in [2.45, 2.75) is 12.8 Å². The predicted octanol–water partition coefficient (Wildman–Crippen LogP) is 1.90. The highest BCUT2D eigenvalue weighted by Crippen LogP contribution is 2.19. The number of hydrogen-bond acceptors (Lipinski definition) is 4. The van der Waals surface area contributed by atoms with Gasteiger partial charge in [-0.25, -0.2) is 9.45 Å². The standard InChI is InChI=1S/C11H11FN2O4/c12-10-4-3-8(14(16)17)7-9(10)11(15)13-5-1-2-6-18-13/h3-4,7H,1-2,5-6H2. The Kier molecular flexibility index (Phi) is 3.52. The van der Waals surface area contributed by atoms with Crippen LogP contribution in [0.3, 0.4) is 0 Å². The van der Waals surface area contributed by atoms with Crippen LogP contribution in [0.15, 0.2) is 18.2 Å². The molecule has 1 aromatic rings. The first-order chi connectivity index (χ1) is 8.59. The average Bonchev–Trinajstić information content (AvgIpc) is 2.39. The third kappa shape index (κ3) is 2.45. The van der Waals surface area contributed by atoms with Gasteiger partial charge < -0.3 is 0 Å². The van der Waals surface area contributed by atoms with Crippen molar-refractivity contribution in [3.8, 4) is 0 Å². The quantitative estimate of drug-likeness (QED) is 0.596. The number of hydroxylamine groups is 2. The molecule has 0 spiro atoms. The Bertz CT molecular complexity index is 486. The summed E-state index contributed by atoms with van der Waals surface area (Å²) in [6.07, 6.45) is 1.60. The van der Waals surface area contributed by atoms with E-state index in [1.165, 1.54) is 0 Å². The van der Waals surface area contributed by atoms with Crippen LogP contribution in [0.4, 0.5) is 10.1 Å². The molecule has 0 aliphatic carbocycles. The summed E-state index contributed by atoms with van der Waals surface area (Å²) >= 11 is 0. The van der Waals surface area contributed by atoms with E-state index in [0.29, 0.717) is 13.2 Å². The minimum Gasteiger partial charge on any atom is -0.271 e. The van der Waals surface area contributed by atoms with E-state index in [0.717, 1.165) is 36.1 Å². The summed E-state index contributed by atoms with van der Waals surface area (Å²) in [7, 11) is 0. The topological polar surface area (TPSA) is 72.7 Å². The molecule has 18 heavy (non-hydrogen) atoms. The van der Waals surface area contributed by atoms with Crippen LogP contribution in [0, 0.1) is 15.9 Å². The van der Waals surface area contributed by atoms with Crippen molar-refractivity contribution in [1.29, 1.82) is 0 Å². The lowest BCUT2D eigenvalue weighted by molar-refractivity contribution is -0.384. The molecule has 0 unspecified atom stereocenters. The van der Waals surface area contributed by atoms with Crippen molar-refractivity contribution in [3.05, 3.63) is 39.7 Å². The zero-order valence-corrected chi connectivity index (χ0v) is 9.47. The molecule has 2 rings (SSSR count). The molecule has 0 bridgehead atoms. The molecule has 1 heterocycles. The molecule has 0 saturated carbocycles. The molecule has 1 fully saturated rings. The average molecular weight is 254 g/mol. The second kappa shape index (κ2) is 5.09. The molecule has 0 radical (unpaired) electrons. The summed E-state index contributed by atoms with van der Waals surface area (Å²) in [5.74, 6) is -1.48. The van der Waals surface area contributed by atoms with Crippen molar-refractivity contribution in [2.75, 3.05) is 13.2 Å². The highest BCUT2D eigenvalue weighted by molar-refractivity contribution is 5.94. The number of halogens is 1. The lowest BCUT2D eigenvalue weighted by atomic mass is 10.1. The summed E-state index contributed by atoms with van der Waals surface area (Å²) < 4.78 is 13.5. The summed E-state index contributed by atoms with van der Waals surface area (Å²) in [5, 5.41) is 11.6. The summed E-state index contributed by atoms with van der Waals surface area (Å²) in [6.45, 7) is 0.753. The number of nitrogens with zero attached hydrogens (tertiary/aromatic N) is 2. The number of benzene rings is 1. The van der Waals surface area contributed by atoms with Crippen LogP contribution < -0.4 is 0 Å². The Hall–Kier alpha value is -2.02. The van der Waals surface area contributed by atoms with Crippen molar-refractivity contribution in [3.63, 3.8) is 0 Å². The van der Waals surface area contributed by atoms with E-state index in [1.54, 1.807) is 0 Å². The summed E-state index contributed by atoms with van der Waals surface area (Å²) in [5.41, 5.74) is -0.664. The van der Waals surface area contributed by atoms with Crippen LogP contribution >= 0.6 is 0 Å². The van der Waals surface area contributed by atoms with Crippen LogP contribution in [0.1, 0.15) is 23.2 Å². The van der Waals surface area contributed by atoms with Crippen molar-refractivity contribution in [2.24, 2.45) is 0 Å². The molecule has 1 amide bonds. The molecule has 1 aliphatic rings. The first-order valence-corrected chi connectivity index (χ1v) is 5.48. The van der Waals surface area contributed by atoms with Gasteiger partial charge in [0.1, 0.15) is 5.82 Å². The Morgan fingerprint density at radius 2 is 2.22 bits per heavy atom. The number of non-ortho nitro benzene ring substituents is 1. The van der Waals surface area contributed by atoms with Gasteiger partial charge in [0.15, 0.2) is 0 Å². The third-order valence-electron chi connectivity index (χ3n) is 2.62. The maximum Gasteiger partial charge on any atom is 0.280 e. The van der Waals surface area contributed by atoms with Gasteiger partial charge in [-0.15, -0.1) is 0 Å². The molecule has 0 aromatic heterocycles. The smallest absolute Gasteiger partial charge is 0.271 e. The van der Waals surface area contributed by atoms with E-state index in [1.807, 2.05) is 0 Å². The van der Waals surface area contributed by atoms with Gasteiger partial charge in [0.25, 0.3) is 11.6 Å². The fraction of sp³-hybridized carbons (Fsp3) is 0.364. The Labute approximate surface area is 102 Å². The van der Waals surface area contributed by atoms with Crippen LogP contribution in [-0.4, -0.2) is 29.0 Å². The minimum atomic E-state index is -0.792. The number of rotatable bonds is 2. The van der Waals surface area contributed by atoms with Gasteiger partial charge in [0.2, 0.25) is 0 Å². The molecular formula is C11H11FN2O4. The maximum absolute atomic E-state index is 13.5. The number of nitro groups is 1. The number of carbonyl (C=O) groups is 1. The van der Waals surface area contributed by atoms with Crippen LogP contribution in [0.2, 0.25) is 0 Å². The van der Waals surface area contributed by atoms with Gasteiger partial charge in [-0.1, -0.05) is 0 Å². The molecule has 96 valence electrons. The first-order valence-electron chi connectivity index (χ1n) is 5.48. The van der Waals surface area contributed by atoms with Crippen LogP contribution in [-0.2, 0) is 4.84 Å². The number of nitro benzene ring substituents is 1. The monoisotopic (exact) mass is 254 g/mol. The van der Waals surface area contributed by atoms with E-state index in [2.05, 4.69) is 0 Å². The second-order valence-electron chi connectivity index (χ2n) is 3.87. The molecule has 0 N–H and O–H groups in total. The van der Waals surface area contributed by atoms with Crippen molar-refractivity contribution < 1.29 is 18.9 Å². The zero-order chi connectivity index (χ0) is 13.1. The SMILES string of the molecule is O=C(c1cc([N+](=O)[O-])ccc1F)N1CCCCO1. The van der Waals surface area contributed by atoms with Gasteiger partial charge in [0.05, 0.1) is 17.1 Å². The molecule has 1 aliphatic heterocycles. The number of hydrogen-bond donors (Lipinski definition) is 0. The largest absolute Gasteiger partial charge is 0.280 e. The van der Waals surface area contributed by atoms with Gasteiger partial charge in [-0.2, -0.15) is 0 Å². The van der Waals surface area contributed by atoms with Crippen molar-refractivity contribution >= 4 is 11.6 Å². The number of carbonyl (C=O) groups excluding carboxylic acids is 1. The Morgan fingerprint density at radius 1 is 1.44 bits per heavy atom. The molecule has 1 saturated heterocycles. The molecule has 0 atom stereocenters. The molecule has 1 aromatic carbocycles. The van der Waals surface area contributed by atoms with E-state index >= 15 is 0 Å².